The summed E-state index contributed by atoms with van der Waals surface area (Å²) in [6, 6.07) is -1.85. The number of nitrogens with zero attached hydrogens (tertiary/aromatic N) is 1. The fourth-order valence-corrected chi connectivity index (χ4v) is 5.95. The van der Waals surface area contributed by atoms with E-state index in [0.717, 1.165) is 0 Å². The molecule has 4 saturated heterocycles. The van der Waals surface area contributed by atoms with Crippen molar-refractivity contribution in [2.45, 2.75) is 134 Å². The molecule has 3 amide bonds. The van der Waals surface area contributed by atoms with Gasteiger partial charge in [0.05, 0.1) is 19.6 Å². The molecule has 15 nitrogen and oxygen atoms in total. The van der Waals surface area contributed by atoms with Crippen molar-refractivity contribution in [3.8, 4) is 0 Å². The molecule has 4 aliphatic rings. The summed E-state index contributed by atoms with van der Waals surface area (Å²) in [7, 11) is 2.99. The van der Waals surface area contributed by atoms with Gasteiger partial charge in [-0.25, -0.2) is 4.79 Å². The molecule has 4 rings (SSSR count). The van der Waals surface area contributed by atoms with E-state index in [9.17, 15) is 14.4 Å². The third-order valence-electron chi connectivity index (χ3n) is 7.62. The summed E-state index contributed by atoms with van der Waals surface area (Å²) in [5.74, 6) is -3.00. The first-order chi connectivity index (χ1) is 20.5. The van der Waals surface area contributed by atoms with Crippen LogP contribution in [-0.2, 0) is 52.2 Å². The van der Waals surface area contributed by atoms with Crippen LogP contribution in [0, 0.1) is 0 Å². The summed E-state index contributed by atoms with van der Waals surface area (Å²) in [5, 5.41) is 5.76. The zero-order valence-electron chi connectivity index (χ0n) is 27.4. The maximum atomic E-state index is 13.9. The Balaban J connectivity index is 1.57. The number of amides is 3. The molecule has 0 aromatic heterocycles. The van der Waals surface area contributed by atoms with E-state index < -0.39 is 96.7 Å². The van der Waals surface area contributed by atoms with Gasteiger partial charge in [0.25, 0.3) is 0 Å². The predicted molar refractivity (Wildman–Crippen MR) is 152 cm³/mol. The predicted octanol–water partition coefficient (Wildman–Crippen LogP) is 1.02. The van der Waals surface area contributed by atoms with Crippen LogP contribution in [0.4, 0.5) is 4.79 Å². The van der Waals surface area contributed by atoms with E-state index in [0.29, 0.717) is 0 Å². The molecule has 0 bridgehead atoms. The first kappa shape index (κ1) is 34.8. The Morgan fingerprint density at radius 3 is 1.84 bits per heavy atom. The van der Waals surface area contributed by atoms with Crippen molar-refractivity contribution in [2.75, 3.05) is 33.9 Å². The highest BCUT2D eigenvalue weighted by molar-refractivity contribution is 5.90. The van der Waals surface area contributed by atoms with E-state index in [1.54, 1.807) is 34.6 Å². The first-order valence-electron chi connectivity index (χ1n) is 15.1. The highest BCUT2D eigenvalue weighted by atomic mass is 16.8. The number of esters is 1. The topological polar surface area (TPSA) is 162 Å². The maximum absolute atomic E-state index is 13.9. The number of hydrogen-bond donors (Lipinski definition) is 2. The second-order valence-corrected chi connectivity index (χ2v) is 13.3. The summed E-state index contributed by atoms with van der Waals surface area (Å²) in [5.41, 5.74) is -0.655. The lowest BCUT2D eigenvalue weighted by Gasteiger charge is -2.36. The first-order valence-corrected chi connectivity index (χ1v) is 15.1. The number of rotatable bonds is 11. The van der Waals surface area contributed by atoms with Crippen LogP contribution in [0.25, 0.3) is 0 Å². The molecular formula is C29H49N3O12. The number of carbonyl (C=O) groups is 3. The lowest BCUT2D eigenvalue weighted by molar-refractivity contribution is -0.228. The van der Waals surface area contributed by atoms with Crippen molar-refractivity contribution in [1.29, 1.82) is 0 Å². The fourth-order valence-electron chi connectivity index (χ4n) is 5.95. The summed E-state index contributed by atoms with van der Waals surface area (Å²) in [6.07, 6.45) is -5.32. The van der Waals surface area contributed by atoms with Crippen LogP contribution in [0.2, 0.25) is 0 Å². The van der Waals surface area contributed by atoms with Crippen molar-refractivity contribution >= 4 is 17.9 Å². The lowest BCUT2D eigenvalue weighted by atomic mass is 10.1. The molecule has 4 fully saturated rings. The molecule has 0 aromatic carbocycles. The van der Waals surface area contributed by atoms with Crippen molar-refractivity contribution in [2.24, 2.45) is 0 Å². The molecule has 4 aliphatic heterocycles. The summed E-state index contributed by atoms with van der Waals surface area (Å²) < 4.78 is 52.3. The van der Waals surface area contributed by atoms with Gasteiger partial charge in [0.2, 0.25) is 5.91 Å². The minimum atomic E-state index is -1.28. The monoisotopic (exact) mass is 631 g/mol. The number of carbonyl (C=O) groups excluding carboxylic acids is 3. The number of fused-ring (bicyclic) bond motifs is 2. The number of hydrogen-bond acceptors (Lipinski definition) is 12. The molecule has 0 saturated carbocycles. The van der Waals surface area contributed by atoms with Crippen LogP contribution in [0.1, 0.15) is 61.8 Å². The van der Waals surface area contributed by atoms with Crippen LogP contribution >= 0.6 is 0 Å². The second kappa shape index (κ2) is 13.3. The quantitative estimate of drug-likeness (QED) is 0.312. The Bertz CT molecular complexity index is 1050. The van der Waals surface area contributed by atoms with Gasteiger partial charge in [-0.1, -0.05) is 0 Å². The average Bonchev–Trinajstić information content (AvgIpc) is 3.59. The minimum Gasteiger partial charge on any atom is -0.466 e. The third-order valence-corrected chi connectivity index (χ3v) is 7.62. The second-order valence-electron chi connectivity index (χ2n) is 13.3. The van der Waals surface area contributed by atoms with Crippen LogP contribution < -0.4 is 10.6 Å². The number of nitrogens with one attached hydrogen (secondary N) is 2. The molecule has 2 N–H and O–H groups in total. The molecule has 252 valence electrons. The van der Waals surface area contributed by atoms with Crippen LogP contribution in [0.15, 0.2) is 0 Å². The van der Waals surface area contributed by atoms with Gasteiger partial charge in [-0.2, -0.15) is 0 Å². The maximum Gasteiger partial charge on any atom is 0.318 e. The fraction of sp³-hybridized carbons (Fsp3) is 0.897. The van der Waals surface area contributed by atoms with Crippen molar-refractivity contribution < 1.29 is 57.0 Å². The summed E-state index contributed by atoms with van der Waals surface area (Å²) in [4.78, 5) is 41.8. The van der Waals surface area contributed by atoms with Gasteiger partial charge < -0.3 is 58.2 Å². The molecule has 9 atom stereocenters. The molecule has 44 heavy (non-hydrogen) atoms. The Labute approximate surface area is 258 Å². The highest BCUT2D eigenvalue weighted by Gasteiger charge is 2.57. The average molecular weight is 632 g/mol. The Kier molecular flexibility index (Phi) is 10.5. The standard InChI is InChI=1S/C29H49N3O12/c1-11-38-18(33)12-15(23(34)30-13-16-19-21(24(36-9)39-16)43-28(5,6)41-19)32(26(35)31-27(2,3)4)14-17-20-22(25(37-10)40-17)44-29(7,8)42-20/h15-17,19-22,24-25H,11-14H2,1-10H3,(H,30,34)(H,31,35)/t15?,16-,17-,19-,20-,21-,22-,24-,25-/m1/s1. The van der Waals surface area contributed by atoms with Crippen molar-refractivity contribution in [3.63, 3.8) is 0 Å². The Morgan fingerprint density at radius 2 is 1.34 bits per heavy atom. The van der Waals surface area contributed by atoms with E-state index >= 15 is 0 Å². The van der Waals surface area contributed by atoms with E-state index in [4.69, 9.17) is 42.6 Å². The van der Waals surface area contributed by atoms with Gasteiger partial charge in [-0.05, 0) is 55.4 Å². The molecular weight excluding hydrogens is 582 g/mol. The van der Waals surface area contributed by atoms with Gasteiger partial charge in [-0.3, -0.25) is 9.59 Å². The van der Waals surface area contributed by atoms with E-state index in [1.807, 2.05) is 20.8 Å². The largest absolute Gasteiger partial charge is 0.466 e. The zero-order valence-corrected chi connectivity index (χ0v) is 27.4. The molecule has 15 heteroatoms. The number of methoxy groups -OCH3 is 2. The molecule has 0 spiro atoms. The van der Waals surface area contributed by atoms with E-state index in [1.165, 1.54) is 19.1 Å². The molecule has 0 aliphatic carbocycles. The molecule has 4 heterocycles. The van der Waals surface area contributed by atoms with E-state index in [2.05, 4.69) is 10.6 Å². The minimum absolute atomic E-state index is 0.00880. The lowest BCUT2D eigenvalue weighted by Crippen LogP contribution is -2.59. The molecule has 0 radical (unpaired) electrons. The number of ether oxygens (including phenoxy) is 9. The van der Waals surface area contributed by atoms with Gasteiger partial charge in [0.1, 0.15) is 42.7 Å². The smallest absolute Gasteiger partial charge is 0.318 e. The van der Waals surface area contributed by atoms with Crippen molar-refractivity contribution in [1.82, 2.24) is 15.5 Å². The van der Waals surface area contributed by atoms with Gasteiger partial charge in [0.15, 0.2) is 24.2 Å². The third kappa shape index (κ3) is 7.99. The number of urea groups is 1. The normalized spacial score (nSPS) is 34.2. The summed E-state index contributed by atoms with van der Waals surface area (Å²) in [6.45, 7) is 14.3. The Morgan fingerprint density at radius 1 is 0.841 bits per heavy atom. The Hall–Kier alpha value is -2.11. The van der Waals surface area contributed by atoms with Crippen LogP contribution in [0.5, 0.6) is 0 Å². The van der Waals surface area contributed by atoms with Crippen LogP contribution in [-0.4, -0.2) is 129 Å². The van der Waals surface area contributed by atoms with Crippen molar-refractivity contribution in [3.05, 3.63) is 0 Å². The highest BCUT2D eigenvalue weighted by Crippen LogP contribution is 2.40. The van der Waals surface area contributed by atoms with E-state index in [-0.39, 0.29) is 19.7 Å². The molecule has 0 aromatic rings. The van der Waals surface area contributed by atoms with Crippen LogP contribution in [0.3, 0.4) is 0 Å². The van der Waals surface area contributed by atoms with Gasteiger partial charge >= 0.3 is 12.0 Å². The molecule has 1 unspecified atom stereocenters. The SMILES string of the molecule is CCOC(=O)CC(C(=O)NC[C@H]1O[C@@H](OC)[C@@H]2OC(C)(C)O[C@@H]21)N(C[C@H]1O[C@@H](OC)[C@@H]2OC(C)(C)O[C@@H]21)C(=O)NC(C)(C)C. The van der Waals surface area contributed by atoms with Gasteiger partial charge in [-0.15, -0.1) is 0 Å². The summed E-state index contributed by atoms with van der Waals surface area (Å²) >= 11 is 0. The zero-order chi connectivity index (χ0) is 32.6. The van der Waals surface area contributed by atoms with Gasteiger partial charge in [0, 0.05) is 26.3 Å².